The summed E-state index contributed by atoms with van der Waals surface area (Å²) in [6.45, 7) is 5.92. The van der Waals surface area contributed by atoms with Crippen molar-refractivity contribution in [2.45, 2.75) is 26.7 Å². The Morgan fingerprint density at radius 1 is 1.46 bits per heavy atom. The Hall–Kier alpha value is -1.31. The Balaban J connectivity index is 2.95. The van der Waals surface area contributed by atoms with Gasteiger partial charge in [0.15, 0.2) is 0 Å². The Bertz CT molecular complexity index is 318. The Kier molecular flexibility index (Phi) is 3.07. The molecule has 0 saturated carbocycles. The Morgan fingerprint density at radius 3 is 2.69 bits per heavy atom. The number of hydrogen-bond donors (Lipinski definition) is 1. The van der Waals surface area contributed by atoms with Crippen LogP contribution in [0.2, 0.25) is 0 Å². The molecule has 0 aliphatic carbocycles. The van der Waals surface area contributed by atoms with Gasteiger partial charge in [-0.05, 0) is 19.4 Å². The van der Waals surface area contributed by atoms with E-state index in [-0.39, 0.29) is 5.92 Å². The topological polar surface area (TPSA) is 32.6 Å². The van der Waals surface area contributed by atoms with Crippen LogP contribution in [-0.2, 0) is 0 Å². The summed E-state index contributed by atoms with van der Waals surface area (Å²) in [4.78, 5) is 0. The van der Waals surface area contributed by atoms with E-state index in [1.54, 1.807) is 0 Å². The number of rotatable bonds is 2. The van der Waals surface area contributed by atoms with Gasteiger partial charge in [0, 0.05) is 5.92 Å². The summed E-state index contributed by atoms with van der Waals surface area (Å²) in [5, 5.41) is 11.8. The lowest BCUT2D eigenvalue weighted by Crippen LogP contribution is -2.04. The van der Waals surface area contributed by atoms with Gasteiger partial charge in [-0.3, -0.25) is 0 Å². The summed E-state index contributed by atoms with van der Waals surface area (Å²) in [5.74, 6) is 0.185. The van der Waals surface area contributed by atoms with Crippen molar-refractivity contribution < 1.29 is 5.21 Å². The molecular formula is C11H15NO. The van der Waals surface area contributed by atoms with Crippen LogP contribution in [0, 0.1) is 6.92 Å². The molecule has 0 saturated heterocycles. The maximum Gasteiger partial charge on any atom is 0.0611 e. The maximum absolute atomic E-state index is 8.62. The zero-order valence-corrected chi connectivity index (χ0v) is 8.28. The fourth-order valence-corrected chi connectivity index (χ4v) is 1.27. The summed E-state index contributed by atoms with van der Waals surface area (Å²) >= 11 is 0. The molecule has 0 amide bonds. The molecule has 1 aromatic carbocycles. The molecule has 0 aromatic heterocycles. The highest BCUT2D eigenvalue weighted by Gasteiger charge is 2.08. The largest absolute Gasteiger partial charge is 0.411 e. The minimum atomic E-state index is 0.185. The van der Waals surface area contributed by atoms with E-state index in [4.69, 9.17) is 5.21 Å². The van der Waals surface area contributed by atoms with Crippen LogP contribution in [-0.4, -0.2) is 10.9 Å². The zero-order chi connectivity index (χ0) is 9.84. The van der Waals surface area contributed by atoms with Crippen LogP contribution in [0.3, 0.4) is 0 Å². The summed E-state index contributed by atoms with van der Waals surface area (Å²) in [6, 6.07) is 8.24. The third-order valence-electron chi connectivity index (χ3n) is 2.33. The molecular weight excluding hydrogens is 162 g/mol. The normalized spacial score (nSPS) is 14.2. The number of hydrogen-bond acceptors (Lipinski definition) is 2. The highest BCUT2D eigenvalue weighted by molar-refractivity contribution is 5.87. The van der Waals surface area contributed by atoms with Gasteiger partial charge in [-0.25, -0.2) is 0 Å². The lowest BCUT2D eigenvalue weighted by molar-refractivity contribution is 0.316. The first kappa shape index (κ1) is 9.78. The van der Waals surface area contributed by atoms with Crippen LogP contribution < -0.4 is 0 Å². The van der Waals surface area contributed by atoms with Crippen molar-refractivity contribution in [3.05, 3.63) is 35.4 Å². The van der Waals surface area contributed by atoms with E-state index in [1.807, 2.05) is 26.0 Å². The molecule has 0 aliphatic heterocycles. The predicted octanol–water partition coefficient (Wildman–Crippen LogP) is 2.95. The van der Waals surface area contributed by atoms with E-state index in [0.717, 1.165) is 5.71 Å². The van der Waals surface area contributed by atoms with Gasteiger partial charge in [-0.1, -0.05) is 41.9 Å². The first-order chi connectivity index (χ1) is 6.15. The molecule has 0 bridgehead atoms. The number of aryl methyl sites for hydroxylation is 1. The Labute approximate surface area is 78.9 Å². The van der Waals surface area contributed by atoms with Crippen LogP contribution in [0.25, 0.3) is 0 Å². The molecule has 0 aliphatic rings. The third kappa shape index (κ3) is 2.31. The summed E-state index contributed by atoms with van der Waals surface area (Å²) in [6.07, 6.45) is 0. The van der Waals surface area contributed by atoms with Crippen molar-refractivity contribution in [3.63, 3.8) is 0 Å². The predicted molar refractivity (Wildman–Crippen MR) is 54.5 cm³/mol. The van der Waals surface area contributed by atoms with Crippen LogP contribution >= 0.6 is 0 Å². The van der Waals surface area contributed by atoms with Gasteiger partial charge in [0.25, 0.3) is 0 Å². The quantitative estimate of drug-likeness (QED) is 0.420. The zero-order valence-electron chi connectivity index (χ0n) is 8.28. The van der Waals surface area contributed by atoms with Gasteiger partial charge >= 0.3 is 0 Å². The van der Waals surface area contributed by atoms with Crippen LogP contribution in [0.4, 0.5) is 0 Å². The van der Waals surface area contributed by atoms with Crippen molar-refractivity contribution in [1.82, 2.24) is 0 Å². The van der Waals surface area contributed by atoms with E-state index in [2.05, 4.69) is 24.2 Å². The second-order valence-electron chi connectivity index (χ2n) is 3.38. The fourth-order valence-electron chi connectivity index (χ4n) is 1.27. The third-order valence-corrected chi connectivity index (χ3v) is 2.33. The van der Waals surface area contributed by atoms with Gasteiger partial charge in [-0.2, -0.15) is 0 Å². The number of oxime groups is 1. The molecule has 2 heteroatoms. The second-order valence-corrected chi connectivity index (χ2v) is 3.38. The molecule has 2 nitrogen and oxygen atoms in total. The molecule has 1 unspecified atom stereocenters. The minimum absolute atomic E-state index is 0.185. The van der Waals surface area contributed by atoms with Crippen molar-refractivity contribution in [2.75, 3.05) is 0 Å². The molecule has 1 atom stereocenters. The molecule has 1 aromatic rings. The van der Waals surface area contributed by atoms with Crippen LogP contribution in [0.15, 0.2) is 29.4 Å². The average molecular weight is 177 g/mol. The monoisotopic (exact) mass is 177 g/mol. The van der Waals surface area contributed by atoms with Gasteiger partial charge in [0.1, 0.15) is 0 Å². The van der Waals surface area contributed by atoms with Crippen molar-refractivity contribution in [3.8, 4) is 0 Å². The lowest BCUT2D eigenvalue weighted by atomic mass is 9.96. The molecule has 0 radical (unpaired) electrons. The lowest BCUT2D eigenvalue weighted by Gasteiger charge is -2.10. The molecule has 0 spiro atoms. The van der Waals surface area contributed by atoms with E-state index < -0.39 is 0 Å². The van der Waals surface area contributed by atoms with Crippen LogP contribution in [0.1, 0.15) is 30.9 Å². The smallest absolute Gasteiger partial charge is 0.0611 e. The fraction of sp³-hybridized carbons (Fsp3) is 0.364. The molecule has 70 valence electrons. The highest BCUT2D eigenvalue weighted by atomic mass is 16.4. The standard InChI is InChI=1S/C11H15NO/c1-8-5-4-6-11(7-8)9(2)10(3)12-13/h4-7,9,13H,1-3H3. The van der Waals surface area contributed by atoms with Gasteiger partial charge in [0.2, 0.25) is 0 Å². The molecule has 1 N–H and O–H groups in total. The van der Waals surface area contributed by atoms with E-state index in [1.165, 1.54) is 11.1 Å². The van der Waals surface area contributed by atoms with Gasteiger partial charge in [-0.15, -0.1) is 0 Å². The van der Waals surface area contributed by atoms with Gasteiger partial charge < -0.3 is 5.21 Å². The van der Waals surface area contributed by atoms with E-state index in [9.17, 15) is 0 Å². The first-order valence-electron chi connectivity index (χ1n) is 4.40. The van der Waals surface area contributed by atoms with E-state index in [0.29, 0.717) is 0 Å². The average Bonchev–Trinajstić information content (AvgIpc) is 2.15. The molecule has 13 heavy (non-hydrogen) atoms. The summed E-state index contributed by atoms with van der Waals surface area (Å²) in [5.41, 5.74) is 3.16. The first-order valence-corrected chi connectivity index (χ1v) is 4.40. The van der Waals surface area contributed by atoms with Crippen molar-refractivity contribution in [2.24, 2.45) is 5.16 Å². The van der Waals surface area contributed by atoms with Crippen LogP contribution in [0.5, 0.6) is 0 Å². The second kappa shape index (κ2) is 4.08. The van der Waals surface area contributed by atoms with Gasteiger partial charge in [0.05, 0.1) is 5.71 Å². The van der Waals surface area contributed by atoms with Crippen molar-refractivity contribution in [1.29, 1.82) is 0 Å². The minimum Gasteiger partial charge on any atom is -0.411 e. The number of benzene rings is 1. The Morgan fingerprint density at radius 2 is 2.15 bits per heavy atom. The maximum atomic E-state index is 8.62. The van der Waals surface area contributed by atoms with E-state index >= 15 is 0 Å². The summed E-state index contributed by atoms with van der Waals surface area (Å²) < 4.78 is 0. The molecule has 0 heterocycles. The summed E-state index contributed by atoms with van der Waals surface area (Å²) in [7, 11) is 0. The molecule has 1 rings (SSSR count). The highest BCUT2D eigenvalue weighted by Crippen LogP contribution is 2.17. The SMILES string of the molecule is CC(=NO)C(C)c1cccc(C)c1. The number of nitrogens with zero attached hydrogens (tertiary/aromatic N) is 1. The molecule has 0 fully saturated rings. The van der Waals surface area contributed by atoms with Crippen molar-refractivity contribution >= 4 is 5.71 Å².